The molecule has 2 rings (SSSR count). The highest BCUT2D eigenvalue weighted by Gasteiger charge is 2.40. The molecule has 1 fully saturated rings. The lowest BCUT2D eigenvalue weighted by Crippen LogP contribution is -2.34. The number of aryl methyl sites for hydroxylation is 1. The molecular formula is C14H23N3O2. The molecule has 1 saturated carbocycles. The van der Waals surface area contributed by atoms with Crippen molar-refractivity contribution in [3.63, 3.8) is 0 Å². The van der Waals surface area contributed by atoms with Crippen LogP contribution >= 0.6 is 0 Å². The highest BCUT2D eigenvalue weighted by molar-refractivity contribution is 5.75. The summed E-state index contributed by atoms with van der Waals surface area (Å²) in [6.45, 7) is 2.96. The van der Waals surface area contributed by atoms with Crippen LogP contribution in [0.25, 0.3) is 0 Å². The molecule has 1 aliphatic carbocycles. The molecule has 0 atom stereocenters. The predicted octanol–water partition coefficient (Wildman–Crippen LogP) is 2.66. The van der Waals surface area contributed by atoms with Crippen LogP contribution in [0.4, 0.5) is 0 Å². The summed E-state index contributed by atoms with van der Waals surface area (Å²) in [5, 5.41) is 17.8. The standard InChI is InChI=1S/C14H23N3O2/c1-2-9-17-11-15-16-12(17)10-14(13(18)19)7-5-3-4-6-8-14/h11H,2-10H2,1H3,(H,18,19). The molecule has 0 saturated heterocycles. The zero-order valence-corrected chi connectivity index (χ0v) is 11.6. The maximum atomic E-state index is 11.8. The molecule has 19 heavy (non-hydrogen) atoms. The fourth-order valence-electron chi connectivity index (χ4n) is 3.02. The zero-order chi connectivity index (χ0) is 13.7. The summed E-state index contributed by atoms with van der Waals surface area (Å²) < 4.78 is 2.00. The summed E-state index contributed by atoms with van der Waals surface area (Å²) in [6.07, 6.45) is 9.08. The Morgan fingerprint density at radius 1 is 1.37 bits per heavy atom. The van der Waals surface area contributed by atoms with Crippen molar-refractivity contribution in [1.82, 2.24) is 14.8 Å². The van der Waals surface area contributed by atoms with Crippen LogP contribution in [-0.2, 0) is 17.8 Å². The number of hydrogen-bond donors (Lipinski definition) is 1. The van der Waals surface area contributed by atoms with Crippen LogP contribution in [-0.4, -0.2) is 25.8 Å². The first-order chi connectivity index (χ1) is 9.18. The molecule has 0 spiro atoms. The largest absolute Gasteiger partial charge is 0.481 e. The van der Waals surface area contributed by atoms with Crippen molar-refractivity contribution in [3.8, 4) is 0 Å². The fraction of sp³-hybridized carbons (Fsp3) is 0.786. The van der Waals surface area contributed by atoms with Gasteiger partial charge in [0.15, 0.2) is 0 Å². The molecule has 1 aromatic heterocycles. The molecule has 1 aliphatic rings. The first-order valence-electron chi connectivity index (χ1n) is 7.28. The number of nitrogens with zero attached hydrogens (tertiary/aromatic N) is 3. The van der Waals surface area contributed by atoms with E-state index in [2.05, 4.69) is 17.1 Å². The molecule has 0 radical (unpaired) electrons. The number of rotatable bonds is 5. The van der Waals surface area contributed by atoms with E-state index in [-0.39, 0.29) is 0 Å². The van der Waals surface area contributed by atoms with Gasteiger partial charge in [-0.15, -0.1) is 10.2 Å². The van der Waals surface area contributed by atoms with Crippen molar-refractivity contribution in [3.05, 3.63) is 12.2 Å². The minimum Gasteiger partial charge on any atom is -0.481 e. The second-order valence-corrected chi connectivity index (χ2v) is 5.62. The van der Waals surface area contributed by atoms with Gasteiger partial charge in [-0.05, 0) is 19.3 Å². The van der Waals surface area contributed by atoms with Crippen LogP contribution in [0, 0.1) is 5.41 Å². The first kappa shape index (κ1) is 14.0. The average molecular weight is 265 g/mol. The number of aromatic nitrogens is 3. The summed E-state index contributed by atoms with van der Waals surface area (Å²) in [7, 11) is 0. The maximum Gasteiger partial charge on any atom is 0.310 e. The fourth-order valence-corrected chi connectivity index (χ4v) is 3.02. The van der Waals surface area contributed by atoms with Crippen molar-refractivity contribution in [2.45, 2.75) is 64.8 Å². The van der Waals surface area contributed by atoms with Crippen molar-refractivity contribution in [1.29, 1.82) is 0 Å². The number of hydrogen-bond acceptors (Lipinski definition) is 3. The van der Waals surface area contributed by atoms with Gasteiger partial charge in [0.1, 0.15) is 12.2 Å². The topological polar surface area (TPSA) is 68.0 Å². The van der Waals surface area contributed by atoms with Gasteiger partial charge in [-0.3, -0.25) is 4.79 Å². The molecule has 0 bridgehead atoms. The second-order valence-electron chi connectivity index (χ2n) is 5.62. The first-order valence-corrected chi connectivity index (χ1v) is 7.28. The highest BCUT2D eigenvalue weighted by atomic mass is 16.4. The molecule has 0 aromatic carbocycles. The third-order valence-electron chi connectivity index (χ3n) is 4.17. The summed E-state index contributed by atoms with van der Waals surface area (Å²) in [6, 6.07) is 0. The highest BCUT2D eigenvalue weighted by Crippen LogP contribution is 2.38. The number of carboxylic acid groups (broad SMARTS) is 1. The molecule has 0 aliphatic heterocycles. The molecule has 0 unspecified atom stereocenters. The molecule has 5 heteroatoms. The minimum atomic E-state index is -0.666. The van der Waals surface area contributed by atoms with Gasteiger partial charge >= 0.3 is 5.97 Å². The van der Waals surface area contributed by atoms with Crippen LogP contribution in [0.2, 0.25) is 0 Å². The van der Waals surface area contributed by atoms with E-state index in [1.54, 1.807) is 6.33 Å². The van der Waals surface area contributed by atoms with E-state index in [1.165, 1.54) is 0 Å². The Morgan fingerprint density at radius 3 is 2.63 bits per heavy atom. The summed E-state index contributed by atoms with van der Waals surface area (Å²) >= 11 is 0. The van der Waals surface area contributed by atoms with Crippen molar-refractivity contribution in [2.75, 3.05) is 0 Å². The Labute approximate surface area is 114 Å². The van der Waals surface area contributed by atoms with E-state index in [4.69, 9.17) is 0 Å². The summed E-state index contributed by atoms with van der Waals surface area (Å²) in [5.74, 6) is 0.159. The van der Waals surface area contributed by atoms with E-state index in [1.807, 2.05) is 4.57 Å². The van der Waals surface area contributed by atoms with Gasteiger partial charge < -0.3 is 9.67 Å². The Kier molecular flexibility index (Phi) is 4.56. The van der Waals surface area contributed by atoms with Gasteiger partial charge in [0.05, 0.1) is 5.41 Å². The zero-order valence-electron chi connectivity index (χ0n) is 11.6. The molecule has 106 valence electrons. The Morgan fingerprint density at radius 2 is 2.05 bits per heavy atom. The van der Waals surface area contributed by atoms with Crippen LogP contribution in [0.15, 0.2) is 6.33 Å². The third-order valence-corrected chi connectivity index (χ3v) is 4.17. The molecule has 1 heterocycles. The lowest BCUT2D eigenvalue weighted by molar-refractivity contribution is -0.150. The average Bonchev–Trinajstić information content (AvgIpc) is 2.66. The monoisotopic (exact) mass is 265 g/mol. The normalized spacial score (nSPS) is 19.0. The van der Waals surface area contributed by atoms with Gasteiger partial charge in [0.25, 0.3) is 0 Å². The Hall–Kier alpha value is -1.39. The van der Waals surface area contributed by atoms with Crippen molar-refractivity contribution < 1.29 is 9.90 Å². The van der Waals surface area contributed by atoms with E-state index < -0.39 is 11.4 Å². The number of carbonyl (C=O) groups is 1. The maximum absolute atomic E-state index is 11.8. The van der Waals surface area contributed by atoms with Crippen LogP contribution in [0.3, 0.4) is 0 Å². The van der Waals surface area contributed by atoms with Crippen LogP contribution in [0.5, 0.6) is 0 Å². The number of carboxylic acids is 1. The molecule has 1 aromatic rings. The third kappa shape index (κ3) is 3.14. The molecule has 1 N–H and O–H groups in total. The Balaban J connectivity index is 2.20. The van der Waals surface area contributed by atoms with Gasteiger partial charge in [-0.2, -0.15) is 0 Å². The molecule has 0 amide bonds. The van der Waals surface area contributed by atoms with Gasteiger partial charge in [-0.25, -0.2) is 0 Å². The smallest absolute Gasteiger partial charge is 0.310 e. The van der Waals surface area contributed by atoms with E-state index >= 15 is 0 Å². The second kappa shape index (κ2) is 6.17. The summed E-state index contributed by atoms with van der Waals surface area (Å²) in [4.78, 5) is 11.8. The van der Waals surface area contributed by atoms with E-state index in [9.17, 15) is 9.90 Å². The van der Waals surface area contributed by atoms with Crippen LogP contribution < -0.4 is 0 Å². The Bertz CT molecular complexity index is 420. The van der Waals surface area contributed by atoms with E-state index in [0.29, 0.717) is 6.42 Å². The lowest BCUT2D eigenvalue weighted by atomic mass is 9.77. The minimum absolute atomic E-state index is 0.516. The quantitative estimate of drug-likeness (QED) is 0.831. The van der Waals surface area contributed by atoms with Gasteiger partial charge in [0.2, 0.25) is 0 Å². The van der Waals surface area contributed by atoms with Gasteiger partial charge in [-0.1, -0.05) is 32.6 Å². The van der Waals surface area contributed by atoms with Crippen molar-refractivity contribution in [2.24, 2.45) is 5.41 Å². The van der Waals surface area contributed by atoms with Gasteiger partial charge in [0, 0.05) is 13.0 Å². The summed E-state index contributed by atoms with van der Waals surface area (Å²) in [5.41, 5.74) is -0.630. The van der Waals surface area contributed by atoms with Crippen molar-refractivity contribution >= 4 is 5.97 Å². The predicted molar refractivity (Wildman–Crippen MR) is 71.8 cm³/mol. The lowest BCUT2D eigenvalue weighted by Gasteiger charge is -2.27. The molecular weight excluding hydrogens is 242 g/mol. The molecule has 5 nitrogen and oxygen atoms in total. The SMILES string of the molecule is CCCn1cnnc1CC1(C(=O)O)CCCCCC1. The number of aliphatic carboxylic acids is 1. The van der Waals surface area contributed by atoms with Crippen LogP contribution in [0.1, 0.15) is 57.7 Å². The van der Waals surface area contributed by atoms with E-state index in [0.717, 1.165) is 57.3 Å².